The summed E-state index contributed by atoms with van der Waals surface area (Å²) >= 11 is 0. The van der Waals surface area contributed by atoms with Gasteiger partial charge in [-0.25, -0.2) is 0 Å². The normalized spacial score (nSPS) is 15.1. The third kappa shape index (κ3) is 13.7. The van der Waals surface area contributed by atoms with E-state index in [-0.39, 0.29) is 41.6 Å². The van der Waals surface area contributed by atoms with Crippen molar-refractivity contribution in [3.05, 3.63) is 0 Å². The molecule has 0 rings (SSSR count). The van der Waals surface area contributed by atoms with E-state index >= 15 is 0 Å². The number of amides is 3. The maximum Gasteiger partial charge on any atom is 0.243 e. The van der Waals surface area contributed by atoms with Crippen LogP contribution in [0, 0.1) is 22.7 Å². The Hall–Kier alpha value is -2.69. The first-order valence-corrected chi connectivity index (χ1v) is 13.6. The second-order valence-corrected chi connectivity index (χ2v) is 12.4. The van der Waals surface area contributed by atoms with Crippen molar-refractivity contribution in [2.45, 2.75) is 112 Å². The van der Waals surface area contributed by atoms with E-state index in [0.717, 1.165) is 0 Å². The van der Waals surface area contributed by atoms with Crippen LogP contribution in [0.25, 0.3) is 0 Å². The summed E-state index contributed by atoms with van der Waals surface area (Å²) in [6.07, 6.45) is 1.52. The predicted molar refractivity (Wildman–Crippen MR) is 151 cm³/mol. The van der Waals surface area contributed by atoms with Gasteiger partial charge in [-0.05, 0) is 45.4 Å². The molecule has 11 nitrogen and oxygen atoms in total. The van der Waals surface area contributed by atoms with E-state index in [4.69, 9.17) is 11.1 Å². The van der Waals surface area contributed by atoms with Gasteiger partial charge in [-0.15, -0.1) is 0 Å². The van der Waals surface area contributed by atoms with Gasteiger partial charge in [-0.2, -0.15) is 0 Å². The molecule has 4 atom stereocenters. The van der Waals surface area contributed by atoms with Crippen LogP contribution in [-0.2, 0) is 19.2 Å². The molecule has 11 heteroatoms. The molecule has 8 N–H and O–H groups in total. The van der Waals surface area contributed by atoms with Gasteiger partial charge in [-0.3, -0.25) is 24.6 Å². The van der Waals surface area contributed by atoms with Crippen molar-refractivity contribution in [3.63, 3.8) is 0 Å². The number of ketones is 1. The van der Waals surface area contributed by atoms with Gasteiger partial charge in [0.25, 0.3) is 0 Å². The molecule has 0 bridgehead atoms. The molecule has 0 saturated heterocycles. The predicted octanol–water partition coefficient (Wildman–Crippen LogP) is 1.41. The average Bonchev–Trinajstić information content (AvgIpc) is 2.78. The molecule has 1 unspecified atom stereocenters. The van der Waals surface area contributed by atoms with Crippen molar-refractivity contribution in [1.82, 2.24) is 26.6 Å². The van der Waals surface area contributed by atoms with E-state index in [2.05, 4.69) is 26.6 Å². The van der Waals surface area contributed by atoms with Gasteiger partial charge >= 0.3 is 0 Å². The molecule has 0 aromatic carbocycles. The van der Waals surface area contributed by atoms with Crippen LogP contribution >= 0.6 is 0 Å². The molecule has 220 valence electrons. The Kier molecular flexibility index (Phi) is 14.5. The zero-order valence-electron chi connectivity index (χ0n) is 25.1. The van der Waals surface area contributed by atoms with Gasteiger partial charge in [0.1, 0.15) is 12.1 Å². The highest BCUT2D eigenvalue weighted by molar-refractivity contribution is 5.96. The number of carbonyl (C=O) groups is 4. The van der Waals surface area contributed by atoms with Crippen LogP contribution in [0.5, 0.6) is 0 Å². The second kappa shape index (κ2) is 15.7. The molecular weight excluding hydrogens is 486 g/mol. The average molecular weight is 540 g/mol. The minimum atomic E-state index is -0.899. The van der Waals surface area contributed by atoms with Gasteiger partial charge in [0.15, 0.2) is 11.7 Å². The summed E-state index contributed by atoms with van der Waals surface area (Å²) in [4.78, 5) is 52.3. The summed E-state index contributed by atoms with van der Waals surface area (Å²) in [6.45, 7) is 19.1. The topological polar surface area (TPSA) is 178 Å². The van der Waals surface area contributed by atoms with Crippen LogP contribution in [0.2, 0.25) is 0 Å². The zero-order chi connectivity index (χ0) is 29.8. The van der Waals surface area contributed by atoms with Crippen molar-refractivity contribution in [2.24, 2.45) is 23.0 Å². The molecule has 0 heterocycles. The Morgan fingerprint density at radius 2 is 1.42 bits per heavy atom. The Morgan fingerprint density at radius 1 is 0.868 bits per heavy atom. The first kappa shape index (κ1) is 35.3. The fourth-order valence-electron chi connectivity index (χ4n) is 3.63. The molecule has 0 aromatic rings. The minimum absolute atomic E-state index is 0.0624. The molecule has 0 aliphatic rings. The zero-order valence-corrected chi connectivity index (χ0v) is 25.1. The lowest BCUT2D eigenvalue weighted by atomic mass is 9.84. The summed E-state index contributed by atoms with van der Waals surface area (Å²) in [7, 11) is 0. The highest BCUT2D eigenvalue weighted by atomic mass is 16.2. The van der Waals surface area contributed by atoms with Crippen LogP contribution in [0.4, 0.5) is 0 Å². The Bertz CT molecular complexity index is 815. The van der Waals surface area contributed by atoms with E-state index in [1.165, 1.54) is 0 Å². The van der Waals surface area contributed by atoms with E-state index < -0.39 is 35.4 Å². The Balaban J connectivity index is 5.61. The lowest BCUT2D eigenvalue weighted by Gasteiger charge is -2.31. The molecule has 0 aromatic heterocycles. The first-order valence-electron chi connectivity index (χ1n) is 13.6. The maximum atomic E-state index is 13.4. The lowest BCUT2D eigenvalue weighted by Crippen LogP contribution is -2.59. The van der Waals surface area contributed by atoms with Crippen molar-refractivity contribution < 1.29 is 19.2 Å². The monoisotopic (exact) mass is 539 g/mol. The molecule has 0 spiro atoms. The SMILES string of the molecule is CCC(C)[C@@H](NC(=O)CNC(C)(C)C)C(=O)N[C@H](C(=O)N[C@@H](CCCNC(=N)N)C(=O)C(C)(C)C)C(C)C. The van der Waals surface area contributed by atoms with Crippen LogP contribution in [0.15, 0.2) is 0 Å². The van der Waals surface area contributed by atoms with Gasteiger partial charge < -0.3 is 32.3 Å². The summed E-state index contributed by atoms with van der Waals surface area (Å²) in [5, 5.41) is 21.6. The molecular formula is C27H53N7O4. The third-order valence-electron chi connectivity index (χ3n) is 6.20. The van der Waals surface area contributed by atoms with Gasteiger partial charge in [-0.1, -0.05) is 54.9 Å². The maximum absolute atomic E-state index is 13.4. The molecule has 0 saturated carbocycles. The fraction of sp³-hybridized carbons (Fsp3) is 0.815. The number of hydrogen-bond donors (Lipinski definition) is 7. The molecule has 3 amide bonds. The molecule has 0 fully saturated rings. The third-order valence-corrected chi connectivity index (χ3v) is 6.20. The van der Waals surface area contributed by atoms with Gasteiger partial charge in [0.2, 0.25) is 17.7 Å². The smallest absolute Gasteiger partial charge is 0.243 e. The van der Waals surface area contributed by atoms with Crippen molar-refractivity contribution in [1.29, 1.82) is 5.41 Å². The molecule has 0 aliphatic carbocycles. The van der Waals surface area contributed by atoms with Crippen molar-refractivity contribution in [2.75, 3.05) is 13.1 Å². The van der Waals surface area contributed by atoms with Crippen molar-refractivity contribution >= 4 is 29.5 Å². The number of nitrogens with one attached hydrogen (secondary N) is 6. The largest absolute Gasteiger partial charge is 0.370 e. The molecule has 38 heavy (non-hydrogen) atoms. The summed E-state index contributed by atoms with van der Waals surface area (Å²) in [6, 6.07) is -2.47. The van der Waals surface area contributed by atoms with E-state index in [1.54, 1.807) is 20.8 Å². The number of carbonyl (C=O) groups excluding carboxylic acids is 4. The second-order valence-electron chi connectivity index (χ2n) is 12.4. The Labute approximate surface area is 229 Å². The number of Topliss-reactive ketones (excluding diaryl/α,β-unsaturated/α-hetero) is 1. The highest BCUT2D eigenvalue weighted by Gasteiger charge is 2.35. The fourth-order valence-corrected chi connectivity index (χ4v) is 3.63. The van der Waals surface area contributed by atoms with Gasteiger partial charge in [0.05, 0.1) is 12.6 Å². The number of hydrogen-bond acceptors (Lipinski definition) is 6. The van der Waals surface area contributed by atoms with Crippen LogP contribution in [0.1, 0.15) is 88.5 Å². The molecule has 0 radical (unpaired) electrons. The number of guanidine groups is 1. The van der Waals surface area contributed by atoms with Crippen LogP contribution < -0.4 is 32.3 Å². The standard InChI is InChI=1S/C27H53N7O4/c1-11-17(4)21(33-19(35)15-31-27(8,9)10)24(38)34-20(16(2)3)23(37)32-18(22(36)26(5,6)7)13-12-14-30-25(28)29/h16-18,20-21,31H,11-15H2,1-10H3,(H,32,37)(H,33,35)(H,34,38)(H4,28,29,30)/t17?,18-,20-,21+/m0/s1. The van der Waals surface area contributed by atoms with Crippen molar-refractivity contribution in [3.8, 4) is 0 Å². The Morgan fingerprint density at radius 3 is 1.87 bits per heavy atom. The first-order chi connectivity index (χ1) is 17.3. The number of rotatable bonds is 15. The molecule has 0 aliphatic heterocycles. The quantitative estimate of drug-likeness (QED) is 0.0934. The minimum Gasteiger partial charge on any atom is -0.370 e. The summed E-state index contributed by atoms with van der Waals surface area (Å²) in [5.74, 6) is -1.92. The van der Waals surface area contributed by atoms with E-state index in [9.17, 15) is 19.2 Å². The van der Waals surface area contributed by atoms with E-state index in [0.29, 0.717) is 25.8 Å². The van der Waals surface area contributed by atoms with Crippen LogP contribution in [0.3, 0.4) is 0 Å². The van der Waals surface area contributed by atoms with E-state index in [1.807, 2.05) is 48.5 Å². The lowest BCUT2D eigenvalue weighted by molar-refractivity contribution is -0.136. The van der Waals surface area contributed by atoms with Gasteiger partial charge in [0, 0.05) is 17.5 Å². The van der Waals surface area contributed by atoms with Crippen LogP contribution in [-0.4, -0.2) is 66.2 Å². The number of nitrogens with two attached hydrogens (primary N) is 1. The summed E-state index contributed by atoms with van der Waals surface area (Å²) < 4.78 is 0. The highest BCUT2D eigenvalue weighted by Crippen LogP contribution is 2.19. The summed E-state index contributed by atoms with van der Waals surface area (Å²) in [5.41, 5.74) is 4.39.